The number of aromatic nitrogens is 2. The Morgan fingerprint density at radius 2 is 1.78 bits per heavy atom. The second-order valence-corrected chi connectivity index (χ2v) is 13.7. The smallest absolute Gasteiger partial charge is 0.330 e. The Hall–Kier alpha value is -3.80. The highest BCUT2D eigenvalue weighted by Crippen LogP contribution is 2.42. The first kappa shape index (κ1) is 33.6. The van der Waals surface area contributed by atoms with E-state index in [1.165, 1.54) is 12.4 Å². The van der Waals surface area contributed by atoms with Crippen LogP contribution in [0.3, 0.4) is 0 Å². The molecule has 2 heterocycles. The van der Waals surface area contributed by atoms with E-state index in [2.05, 4.69) is 4.98 Å². The van der Waals surface area contributed by atoms with Gasteiger partial charge < -0.3 is 23.9 Å². The van der Waals surface area contributed by atoms with Crippen LogP contribution in [0.1, 0.15) is 39.2 Å². The van der Waals surface area contributed by atoms with Crippen molar-refractivity contribution in [1.82, 2.24) is 15.0 Å². The zero-order valence-electron chi connectivity index (χ0n) is 26.8. The van der Waals surface area contributed by atoms with E-state index in [4.69, 9.17) is 35.6 Å². The molecule has 0 unspecified atom stereocenters. The van der Waals surface area contributed by atoms with E-state index in [0.29, 0.717) is 53.9 Å². The normalized spacial score (nSPS) is 15.4. The number of carbonyl (C=O) groups is 1. The van der Waals surface area contributed by atoms with Gasteiger partial charge in [0.25, 0.3) is 0 Å². The number of rotatable bonds is 10. The van der Waals surface area contributed by atoms with Crippen molar-refractivity contribution >= 4 is 51.7 Å². The van der Waals surface area contributed by atoms with Crippen LogP contribution in [0.2, 0.25) is 5.02 Å². The van der Waals surface area contributed by atoms with Gasteiger partial charge in [-0.3, -0.25) is 0 Å². The molecule has 3 aromatic carbocycles. The maximum absolute atomic E-state index is 14.3. The monoisotopic (exact) mass is 668 g/mol. The number of benzene rings is 3. The van der Waals surface area contributed by atoms with Crippen LogP contribution in [0.4, 0.5) is 15.9 Å². The minimum Gasteiger partial charge on any atom is -0.496 e. The molecule has 12 heteroatoms. The molecule has 4 aromatic rings. The molecule has 1 fully saturated rings. The summed E-state index contributed by atoms with van der Waals surface area (Å²) in [5.41, 5.74) is 1.64. The number of hydrogen-bond donors (Lipinski definition) is 0. The molecule has 46 heavy (non-hydrogen) atoms. The molecule has 0 saturated carbocycles. The summed E-state index contributed by atoms with van der Waals surface area (Å²) >= 11 is 7.94. The molecule has 5 rings (SSSR count). The van der Waals surface area contributed by atoms with E-state index in [0.717, 1.165) is 28.7 Å². The SMILES string of the molecule is COc1ccc(CN(c2ccc(F)c(Cl)c2)c2ncnc3cc(OC)c(S[C@@H]4CCCN(OC(=O)C(C)(C)C)C4)cc23)cc1OC. The largest absolute Gasteiger partial charge is 0.496 e. The summed E-state index contributed by atoms with van der Waals surface area (Å²) in [6.07, 6.45) is 3.34. The average Bonchev–Trinajstić information content (AvgIpc) is 3.04. The molecule has 1 aromatic heterocycles. The van der Waals surface area contributed by atoms with Crippen molar-refractivity contribution in [2.24, 2.45) is 5.41 Å². The van der Waals surface area contributed by atoms with E-state index in [1.807, 2.05) is 56.0 Å². The van der Waals surface area contributed by atoms with Gasteiger partial charge >= 0.3 is 5.97 Å². The third kappa shape index (κ3) is 7.59. The van der Waals surface area contributed by atoms with Crippen LogP contribution in [0.5, 0.6) is 17.2 Å². The molecule has 1 aliphatic heterocycles. The molecule has 0 bridgehead atoms. The number of hydrogen-bond acceptors (Lipinski definition) is 10. The van der Waals surface area contributed by atoms with Gasteiger partial charge in [-0.15, -0.1) is 16.8 Å². The highest BCUT2D eigenvalue weighted by atomic mass is 35.5. The third-order valence-electron chi connectivity index (χ3n) is 7.62. The molecule has 1 atom stereocenters. The third-order valence-corrected chi connectivity index (χ3v) is 9.20. The number of carbonyl (C=O) groups excluding carboxylic acids is 1. The summed E-state index contributed by atoms with van der Waals surface area (Å²) in [6, 6.07) is 14.2. The Morgan fingerprint density at radius 1 is 1.02 bits per heavy atom. The maximum atomic E-state index is 14.3. The summed E-state index contributed by atoms with van der Waals surface area (Å²) in [5, 5.41) is 2.69. The van der Waals surface area contributed by atoms with Gasteiger partial charge in [-0.1, -0.05) is 17.7 Å². The summed E-state index contributed by atoms with van der Waals surface area (Å²) < 4.78 is 31.1. The van der Waals surface area contributed by atoms with Gasteiger partial charge in [-0.2, -0.15) is 0 Å². The van der Waals surface area contributed by atoms with Gasteiger partial charge in [-0.25, -0.2) is 19.2 Å². The highest BCUT2D eigenvalue weighted by molar-refractivity contribution is 8.00. The highest BCUT2D eigenvalue weighted by Gasteiger charge is 2.30. The van der Waals surface area contributed by atoms with Gasteiger partial charge in [0.05, 0.1) is 42.2 Å². The lowest BCUT2D eigenvalue weighted by Gasteiger charge is -2.32. The lowest BCUT2D eigenvalue weighted by Crippen LogP contribution is -2.41. The van der Waals surface area contributed by atoms with Crippen LogP contribution in [-0.4, -0.2) is 60.7 Å². The van der Waals surface area contributed by atoms with Gasteiger partial charge in [0.1, 0.15) is 23.7 Å². The van der Waals surface area contributed by atoms with E-state index in [-0.39, 0.29) is 16.2 Å². The second-order valence-electron chi connectivity index (χ2n) is 12.0. The van der Waals surface area contributed by atoms with Crippen LogP contribution < -0.4 is 19.1 Å². The Labute approximate surface area is 277 Å². The van der Waals surface area contributed by atoms with Crippen molar-refractivity contribution in [3.8, 4) is 17.2 Å². The fourth-order valence-corrected chi connectivity index (χ4v) is 6.64. The molecule has 0 amide bonds. The second kappa shape index (κ2) is 14.3. The van der Waals surface area contributed by atoms with E-state index >= 15 is 0 Å². The zero-order valence-corrected chi connectivity index (χ0v) is 28.4. The number of thioether (sulfide) groups is 1. The molecule has 1 saturated heterocycles. The molecule has 0 N–H and O–H groups in total. The van der Waals surface area contributed by atoms with Gasteiger partial charge in [0.2, 0.25) is 0 Å². The number of anilines is 2. The van der Waals surface area contributed by atoms with Crippen LogP contribution in [0, 0.1) is 11.2 Å². The Balaban J connectivity index is 1.53. The number of nitrogens with zero attached hydrogens (tertiary/aromatic N) is 4. The van der Waals surface area contributed by atoms with Gasteiger partial charge in [0.15, 0.2) is 11.5 Å². The zero-order chi connectivity index (χ0) is 33.0. The van der Waals surface area contributed by atoms with Crippen molar-refractivity contribution in [1.29, 1.82) is 0 Å². The van der Waals surface area contributed by atoms with Crippen molar-refractivity contribution in [2.45, 2.75) is 50.3 Å². The topological polar surface area (TPSA) is 86.3 Å². The lowest BCUT2D eigenvalue weighted by molar-refractivity contribution is -0.203. The van der Waals surface area contributed by atoms with E-state index in [9.17, 15) is 9.18 Å². The minimum absolute atomic E-state index is 0.0000933. The number of hydroxylamine groups is 2. The van der Waals surface area contributed by atoms with Crippen LogP contribution in [0.25, 0.3) is 10.9 Å². The van der Waals surface area contributed by atoms with Gasteiger partial charge in [-0.05, 0) is 75.6 Å². The summed E-state index contributed by atoms with van der Waals surface area (Å²) in [6.45, 7) is 7.18. The summed E-state index contributed by atoms with van der Waals surface area (Å²) in [5.74, 6) is 1.72. The van der Waals surface area contributed by atoms with Crippen LogP contribution >= 0.6 is 23.4 Å². The predicted octanol–water partition coefficient (Wildman–Crippen LogP) is 7.85. The molecule has 0 radical (unpaired) electrons. The van der Waals surface area contributed by atoms with Crippen molar-refractivity contribution in [3.63, 3.8) is 0 Å². The first-order chi connectivity index (χ1) is 22.0. The Kier molecular flexibility index (Phi) is 10.4. The number of piperidine rings is 1. The fourth-order valence-electron chi connectivity index (χ4n) is 5.14. The number of halogens is 2. The van der Waals surface area contributed by atoms with Crippen molar-refractivity contribution in [2.75, 3.05) is 39.3 Å². The summed E-state index contributed by atoms with van der Waals surface area (Å²) in [4.78, 5) is 30.4. The quantitative estimate of drug-likeness (QED) is 0.167. The molecule has 9 nitrogen and oxygen atoms in total. The van der Waals surface area contributed by atoms with E-state index < -0.39 is 11.2 Å². The Bertz CT molecular complexity index is 1720. The Morgan fingerprint density at radius 3 is 2.48 bits per heavy atom. The first-order valence-corrected chi connectivity index (χ1v) is 16.2. The molecule has 1 aliphatic rings. The summed E-state index contributed by atoms with van der Waals surface area (Å²) in [7, 11) is 4.81. The standard InChI is InChI=1S/C34H38ClFN4O5S/c1-34(2,3)33(41)45-39-13-7-8-23(19-39)46-31-16-24-27(17-30(31)44-6)37-20-38-32(24)40(22-10-11-26(36)25(35)15-22)18-21-9-12-28(42-4)29(14-21)43-5/h9-12,14-17,20,23H,7-8,13,18-19H2,1-6H3/t23-/m1/s1. The molecule has 244 valence electrons. The molecular weight excluding hydrogens is 631 g/mol. The maximum Gasteiger partial charge on any atom is 0.330 e. The molecule has 0 aliphatic carbocycles. The number of ether oxygens (including phenoxy) is 3. The predicted molar refractivity (Wildman–Crippen MR) is 179 cm³/mol. The van der Waals surface area contributed by atoms with E-state index in [1.54, 1.807) is 50.3 Å². The van der Waals surface area contributed by atoms with Gasteiger partial charge in [0, 0.05) is 42.0 Å². The number of fused-ring (bicyclic) bond motifs is 1. The molecular formula is C34H38ClFN4O5S. The minimum atomic E-state index is -0.588. The van der Waals surface area contributed by atoms with Crippen molar-refractivity contribution < 1.29 is 28.2 Å². The first-order valence-electron chi connectivity index (χ1n) is 14.9. The van der Waals surface area contributed by atoms with Crippen LogP contribution in [-0.2, 0) is 16.2 Å². The van der Waals surface area contributed by atoms with Crippen molar-refractivity contribution in [3.05, 3.63) is 71.3 Å². The van der Waals surface area contributed by atoms with Crippen LogP contribution in [0.15, 0.2) is 59.8 Å². The average molecular weight is 669 g/mol. The molecule has 0 spiro atoms. The number of methoxy groups -OCH3 is 3. The lowest BCUT2D eigenvalue weighted by atomic mass is 9.98. The fraction of sp³-hybridized carbons (Fsp3) is 0.382.